The van der Waals surface area contributed by atoms with Crippen LogP contribution in [0.25, 0.3) is 0 Å². The van der Waals surface area contributed by atoms with Crippen molar-refractivity contribution in [1.82, 2.24) is 36.6 Å². The molecule has 9 N–H and O–H groups in total. The molecule has 1 heterocycles. The summed E-state index contributed by atoms with van der Waals surface area (Å²) in [4.78, 5) is 73.0. The van der Waals surface area contributed by atoms with Gasteiger partial charge in [0.2, 0.25) is 29.5 Å². The number of aliphatic hydroxyl groups excluding tert-OH is 1. The maximum atomic E-state index is 14.0. The summed E-state index contributed by atoms with van der Waals surface area (Å²) in [7, 11) is 1.55. The summed E-state index contributed by atoms with van der Waals surface area (Å²) in [6, 6.07) is 10.1. The molecule has 16 heteroatoms. The molecule has 2 aromatic carbocycles. The molecule has 3 aromatic rings. The summed E-state index contributed by atoms with van der Waals surface area (Å²) in [5.41, 5.74) is 7.74. The van der Waals surface area contributed by atoms with Gasteiger partial charge in [0.05, 0.1) is 32.0 Å². The van der Waals surface area contributed by atoms with Crippen LogP contribution in [0, 0.1) is 11.7 Å². The lowest BCUT2D eigenvalue weighted by atomic mass is 9.96. The van der Waals surface area contributed by atoms with E-state index in [1.54, 1.807) is 49.7 Å². The molecule has 0 radical (unpaired) electrons. The molecule has 4 atom stereocenters. The number of amides is 5. The summed E-state index contributed by atoms with van der Waals surface area (Å²) in [6.07, 6.45) is 6.73. The molecule has 3 rings (SSSR count). The quantitative estimate of drug-likeness (QED) is 0.0503. The first-order chi connectivity index (χ1) is 28.4. The van der Waals surface area contributed by atoms with Crippen LogP contribution in [-0.2, 0) is 43.4 Å². The Hall–Kier alpha value is -5.35. The fourth-order valence-electron chi connectivity index (χ4n) is 6.39. The Morgan fingerprint density at radius 1 is 0.780 bits per heavy atom. The van der Waals surface area contributed by atoms with Crippen LogP contribution in [0.5, 0.6) is 5.75 Å². The Bertz CT molecular complexity index is 1710. The predicted molar refractivity (Wildman–Crippen MR) is 222 cm³/mol. The van der Waals surface area contributed by atoms with Crippen LogP contribution in [0.3, 0.4) is 0 Å². The maximum Gasteiger partial charge on any atom is 0.243 e. The number of carbonyl (C=O) groups is 5. The zero-order chi connectivity index (χ0) is 43.0. The minimum Gasteiger partial charge on any atom is -0.497 e. The minimum atomic E-state index is -1.23. The van der Waals surface area contributed by atoms with Gasteiger partial charge in [0.1, 0.15) is 23.7 Å². The Morgan fingerprint density at radius 3 is 2.07 bits per heavy atom. The molecule has 324 valence electrons. The van der Waals surface area contributed by atoms with E-state index in [9.17, 15) is 33.5 Å². The first-order valence-electron chi connectivity index (χ1n) is 20.5. The zero-order valence-corrected chi connectivity index (χ0v) is 34.6. The smallest absolute Gasteiger partial charge is 0.243 e. The third-order valence-electron chi connectivity index (χ3n) is 9.69. The second-order valence-electron chi connectivity index (χ2n) is 15.2. The van der Waals surface area contributed by atoms with Crippen LogP contribution in [-0.4, -0.2) is 89.0 Å². The van der Waals surface area contributed by atoms with Crippen molar-refractivity contribution in [3.8, 4) is 5.75 Å². The molecule has 0 aliphatic carbocycles. The Kier molecular flexibility index (Phi) is 21.7. The number of nitrogens with zero attached hydrogens (tertiary/aromatic N) is 1. The predicted octanol–water partition coefficient (Wildman–Crippen LogP) is 3.11. The van der Waals surface area contributed by atoms with Crippen molar-refractivity contribution in [2.45, 2.75) is 122 Å². The highest BCUT2D eigenvalue weighted by molar-refractivity contribution is 5.92. The normalized spacial score (nSPS) is 13.1. The molecule has 0 saturated carbocycles. The van der Waals surface area contributed by atoms with E-state index in [0.717, 1.165) is 24.0 Å². The van der Waals surface area contributed by atoms with Crippen LogP contribution in [0.4, 0.5) is 4.39 Å². The van der Waals surface area contributed by atoms with Crippen LogP contribution in [0.1, 0.15) is 94.9 Å². The van der Waals surface area contributed by atoms with Crippen LogP contribution in [0.2, 0.25) is 0 Å². The second-order valence-corrected chi connectivity index (χ2v) is 15.2. The van der Waals surface area contributed by atoms with Gasteiger partial charge < -0.3 is 47.1 Å². The molecule has 0 aliphatic heterocycles. The molecule has 5 amide bonds. The maximum absolute atomic E-state index is 14.0. The number of carbonyl (C=O) groups excluding carboxylic acids is 5. The number of imidazole rings is 1. The van der Waals surface area contributed by atoms with E-state index in [1.807, 2.05) is 13.8 Å². The lowest BCUT2D eigenvalue weighted by Gasteiger charge is -2.29. The SMILES string of the molecule is COc1ccc(C[C@H](NC(=O)CCCCCN)C(=O)N[C@@H](Cc2cnc[nH]2)C(=O)N[C@@H](CC(C)C)[C@@H](O)CC(=O)NCCCCCC(=O)NCc2ccc(F)cc2)cc1. The van der Waals surface area contributed by atoms with Gasteiger partial charge >= 0.3 is 0 Å². The van der Waals surface area contributed by atoms with E-state index in [2.05, 4.69) is 36.6 Å². The monoisotopic (exact) mass is 822 g/mol. The molecule has 59 heavy (non-hydrogen) atoms. The fraction of sp³-hybridized carbons (Fsp3) is 0.535. The van der Waals surface area contributed by atoms with Crippen LogP contribution in [0.15, 0.2) is 61.1 Å². The standard InChI is InChI=1S/C43H63FN8O7/c1-29(2)22-35(38(53)25-41(56)47-21-9-5-7-10-39(54)48-26-31-12-16-32(44)17-13-31)51-43(58)37(24-33-27-46-28-49-33)52-42(57)36(50-40(55)11-6-4-8-20-45)23-30-14-18-34(59-3)19-15-30/h12-19,27-29,35-38,53H,4-11,20-26,45H2,1-3H3,(H,46,49)(H,47,56)(H,48,54)(H,50,55)(H,51,58)(H,52,57)/t35-,36-,37-,38-/m0/s1. The van der Waals surface area contributed by atoms with Crippen molar-refractivity contribution in [3.63, 3.8) is 0 Å². The number of aliphatic hydroxyl groups is 1. The second kappa shape index (κ2) is 26.6. The van der Waals surface area contributed by atoms with Gasteiger partial charge in [-0.2, -0.15) is 0 Å². The summed E-state index contributed by atoms with van der Waals surface area (Å²) in [6.45, 7) is 5.06. The highest BCUT2D eigenvalue weighted by atomic mass is 19.1. The van der Waals surface area contributed by atoms with Crippen LogP contribution >= 0.6 is 0 Å². The van der Waals surface area contributed by atoms with Gasteiger partial charge in [0, 0.05) is 50.7 Å². The average Bonchev–Trinajstić information content (AvgIpc) is 3.73. The molecule has 0 unspecified atom stereocenters. The topological polar surface area (TPSA) is 230 Å². The van der Waals surface area contributed by atoms with Gasteiger partial charge in [0.25, 0.3) is 0 Å². The first-order valence-corrected chi connectivity index (χ1v) is 20.5. The van der Waals surface area contributed by atoms with E-state index >= 15 is 0 Å². The fourth-order valence-corrected chi connectivity index (χ4v) is 6.39. The van der Waals surface area contributed by atoms with E-state index in [-0.39, 0.29) is 55.1 Å². The minimum absolute atomic E-state index is 0.0421. The van der Waals surface area contributed by atoms with E-state index in [1.165, 1.54) is 18.5 Å². The average molecular weight is 823 g/mol. The van der Waals surface area contributed by atoms with E-state index < -0.39 is 36.0 Å². The molecule has 1 aromatic heterocycles. The van der Waals surface area contributed by atoms with Crippen molar-refractivity contribution in [2.24, 2.45) is 11.7 Å². The summed E-state index contributed by atoms with van der Waals surface area (Å²) >= 11 is 0. The number of methoxy groups -OCH3 is 1. The third-order valence-corrected chi connectivity index (χ3v) is 9.69. The largest absolute Gasteiger partial charge is 0.497 e. The third kappa shape index (κ3) is 19.3. The van der Waals surface area contributed by atoms with Crippen molar-refractivity contribution in [2.75, 3.05) is 20.2 Å². The van der Waals surface area contributed by atoms with Crippen molar-refractivity contribution < 1.29 is 38.2 Å². The molecule has 0 bridgehead atoms. The van der Waals surface area contributed by atoms with Crippen molar-refractivity contribution in [3.05, 3.63) is 83.7 Å². The van der Waals surface area contributed by atoms with Crippen LogP contribution < -0.4 is 37.1 Å². The molecule has 0 saturated heterocycles. The molecule has 15 nitrogen and oxygen atoms in total. The Labute approximate surface area is 346 Å². The number of halogens is 1. The number of rotatable bonds is 28. The molecular formula is C43H63FN8O7. The van der Waals surface area contributed by atoms with Gasteiger partial charge in [0.15, 0.2) is 0 Å². The summed E-state index contributed by atoms with van der Waals surface area (Å²) in [5, 5.41) is 25.4. The number of ether oxygens (including phenoxy) is 1. The lowest BCUT2D eigenvalue weighted by Crippen LogP contribution is -2.57. The number of nitrogens with one attached hydrogen (secondary N) is 6. The number of unbranched alkanes of at least 4 members (excludes halogenated alkanes) is 4. The van der Waals surface area contributed by atoms with Gasteiger partial charge in [-0.05, 0) is 80.0 Å². The first kappa shape index (κ1) is 48.0. The summed E-state index contributed by atoms with van der Waals surface area (Å²) < 4.78 is 18.3. The molecule has 0 aliphatic rings. The van der Waals surface area contributed by atoms with E-state index in [0.29, 0.717) is 69.6 Å². The number of hydrogen-bond donors (Lipinski definition) is 8. The Balaban J connectivity index is 1.58. The van der Waals surface area contributed by atoms with E-state index in [4.69, 9.17) is 10.5 Å². The van der Waals surface area contributed by atoms with Gasteiger partial charge in [-0.3, -0.25) is 24.0 Å². The number of benzene rings is 2. The number of nitrogens with two attached hydrogens (primary N) is 1. The number of H-pyrrole nitrogens is 1. The van der Waals surface area contributed by atoms with Gasteiger partial charge in [-0.25, -0.2) is 9.37 Å². The summed E-state index contributed by atoms with van der Waals surface area (Å²) in [5.74, 6) is -1.60. The zero-order valence-electron chi connectivity index (χ0n) is 34.6. The Morgan fingerprint density at radius 2 is 1.42 bits per heavy atom. The lowest BCUT2D eigenvalue weighted by molar-refractivity contribution is -0.133. The molecule has 0 spiro atoms. The van der Waals surface area contributed by atoms with Crippen molar-refractivity contribution >= 4 is 29.5 Å². The van der Waals surface area contributed by atoms with Gasteiger partial charge in [-0.1, -0.05) is 51.0 Å². The number of hydrogen-bond acceptors (Lipinski definition) is 9. The van der Waals surface area contributed by atoms with Crippen molar-refractivity contribution in [1.29, 1.82) is 0 Å². The highest BCUT2D eigenvalue weighted by Gasteiger charge is 2.31. The molecule has 0 fully saturated rings. The van der Waals surface area contributed by atoms with Gasteiger partial charge in [-0.15, -0.1) is 0 Å². The highest BCUT2D eigenvalue weighted by Crippen LogP contribution is 2.15. The number of aromatic nitrogens is 2. The molecular weight excluding hydrogens is 760 g/mol. The number of aromatic amines is 1.